The molecule has 0 saturated carbocycles. The number of nitrogens with one attached hydrogen (secondary N) is 1. The molecule has 0 aromatic heterocycles. The summed E-state index contributed by atoms with van der Waals surface area (Å²) in [4.78, 5) is 23.2. The van der Waals surface area contributed by atoms with E-state index in [9.17, 15) is 14.7 Å². The number of benzene rings is 3. The van der Waals surface area contributed by atoms with E-state index in [-0.39, 0.29) is 17.9 Å². The van der Waals surface area contributed by atoms with Crippen molar-refractivity contribution in [2.75, 3.05) is 0 Å². The van der Waals surface area contributed by atoms with Gasteiger partial charge in [-0.2, -0.15) is 5.10 Å². The molecular weight excluding hydrogens is 532 g/mol. The maximum absolute atomic E-state index is 12.3. The Morgan fingerprint density at radius 1 is 1.00 bits per heavy atom. The van der Waals surface area contributed by atoms with E-state index in [0.717, 1.165) is 5.56 Å². The highest BCUT2D eigenvalue weighted by Crippen LogP contribution is 2.33. The van der Waals surface area contributed by atoms with Crippen LogP contribution in [0.5, 0.6) is 11.5 Å². The zero-order valence-electron chi connectivity index (χ0n) is 15.9. The third kappa shape index (κ3) is 5.93. The van der Waals surface area contributed by atoms with Crippen molar-refractivity contribution in [2.45, 2.75) is 6.61 Å². The van der Waals surface area contributed by atoms with Crippen LogP contribution in [0.3, 0.4) is 0 Å². The number of para-hydroxylation sites is 1. The minimum Gasteiger partial charge on any atom is -0.506 e. The number of carboxylic acid groups (broad SMARTS) is 1. The molecule has 0 aliphatic carbocycles. The predicted octanol–water partition coefficient (Wildman–Crippen LogP) is 4.96. The lowest BCUT2D eigenvalue weighted by Crippen LogP contribution is -2.17. The molecule has 7 nitrogen and oxygen atoms in total. The molecule has 9 heteroatoms. The molecule has 31 heavy (non-hydrogen) atoms. The van der Waals surface area contributed by atoms with E-state index >= 15 is 0 Å². The molecule has 0 fully saturated rings. The first kappa shape index (κ1) is 22.5. The summed E-state index contributed by atoms with van der Waals surface area (Å²) in [5, 5.41) is 22.7. The standard InChI is InChI=1S/C22H16Br2N2O5/c23-17-9-16(10-18(24)20(17)27)21(28)26-25-11-15-3-1-2-4-19(15)31-12-13-5-7-14(8-6-13)22(29)30/h1-11,27H,12H2,(H,26,28)(H,29,30)/b25-11-. The number of hydrogen-bond donors (Lipinski definition) is 3. The number of hydrogen-bond acceptors (Lipinski definition) is 5. The SMILES string of the molecule is O=C(O)c1ccc(COc2ccccc2/C=N\NC(=O)c2cc(Br)c(O)c(Br)c2)cc1. The van der Waals surface area contributed by atoms with E-state index in [1.54, 1.807) is 24.3 Å². The smallest absolute Gasteiger partial charge is 0.335 e. The first-order chi connectivity index (χ1) is 14.8. The van der Waals surface area contributed by atoms with Crippen LogP contribution in [0.2, 0.25) is 0 Å². The fraction of sp³-hybridized carbons (Fsp3) is 0.0455. The van der Waals surface area contributed by atoms with Gasteiger partial charge < -0.3 is 14.9 Å². The Morgan fingerprint density at radius 2 is 1.65 bits per heavy atom. The number of carbonyl (C=O) groups is 2. The summed E-state index contributed by atoms with van der Waals surface area (Å²) in [6.07, 6.45) is 1.46. The van der Waals surface area contributed by atoms with E-state index < -0.39 is 11.9 Å². The highest BCUT2D eigenvalue weighted by molar-refractivity contribution is 9.11. The van der Waals surface area contributed by atoms with Gasteiger partial charge in [-0.15, -0.1) is 0 Å². The van der Waals surface area contributed by atoms with E-state index in [0.29, 0.717) is 25.8 Å². The minimum atomic E-state index is -0.983. The van der Waals surface area contributed by atoms with E-state index in [2.05, 4.69) is 42.4 Å². The van der Waals surface area contributed by atoms with Crippen LogP contribution in [0.25, 0.3) is 0 Å². The van der Waals surface area contributed by atoms with Crippen molar-refractivity contribution in [1.82, 2.24) is 5.43 Å². The van der Waals surface area contributed by atoms with E-state index in [4.69, 9.17) is 9.84 Å². The molecular formula is C22H16Br2N2O5. The average molecular weight is 548 g/mol. The van der Waals surface area contributed by atoms with Crippen LogP contribution in [0.1, 0.15) is 31.8 Å². The molecule has 0 unspecified atom stereocenters. The molecule has 0 radical (unpaired) electrons. The predicted molar refractivity (Wildman–Crippen MR) is 123 cm³/mol. The van der Waals surface area contributed by atoms with Crippen molar-refractivity contribution >= 4 is 50.0 Å². The van der Waals surface area contributed by atoms with Crippen molar-refractivity contribution < 1.29 is 24.5 Å². The van der Waals surface area contributed by atoms with Gasteiger partial charge in [-0.1, -0.05) is 24.3 Å². The number of nitrogens with zero attached hydrogens (tertiary/aromatic N) is 1. The molecule has 0 atom stereocenters. The Balaban J connectivity index is 1.65. The number of halogens is 2. The number of carbonyl (C=O) groups excluding carboxylic acids is 1. The number of amides is 1. The number of rotatable bonds is 7. The summed E-state index contributed by atoms with van der Waals surface area (Å²) in [7, 11) is 0. The summed E-state index contributed by atoms with van der Waals surface area (Å²) in [5.41, 5.74) is 4.42. The minimum absolute atomic E-state index is 0.00345. The molecule has 3 N–H and O–H groups in total. The fourth-order valence-electron chi connectivity index (χ4n) is 2.54. The third-order valence-corrected chi connectivity index (χ3v) is 5.37. The Morgan fingerprint density at radius 3 is 2.29 bits per heavy atom. The molecule has 0 aliphatic rings. The highest BCUT2D eigenvalue weighted by atomic mass is 79.9. The fourth-order valence-corrected chi connectivity index (χ4v) is 3.73. The molecule has 1 amide bonds. The number of phenolic OH excluding ortho intramolecular Hbond substituents is 1. The van der Waals surface area contributed by atoms with Crippen molar-refractivity contribution in [1.29, 1.82) is 0 Å². The number of ether oxygens (including phenoxy) is 1. The maximum atomic E-state index is 12.3. The van der Waals surface area contributed by atoms with Gasteiger partial charge in [-0.05, 0) is 73.8 Å². The van der Waals surface area contributed by atoms with Crippen LogP contribution in [-0.4, -0.2) is 28.3 Å². The number of carboxylic acids is 1. The largest absolute Gasteiger partial charge is 0.506 e. The van der Waals surface area contributed by atoms with Gasteiger partial charge in [0.15, 0.2) is 0 Å². The zero-order valence-corrected chi connectivity index (χ0v) is 19.1. The lowest BCUT2D eigenvalue weighted by Gasteiger charge is -2.09. The lowest BCUT2D eigenvalue weighted by molar-refractivity contribution is 0.0696. The lowest BCUT2D eigenvalue weighted by atomic mass is 10.1. The van der Waals surface area contributed by atoms with Gasteiger partial charge in [0.05, 0.1) is 20.7 Å². The quantitative estimate of drug-likeness (QED) is 0.286. The molecule has 3 rings (SSSR count). The van der Waals surface area contributed by atoms with Crippen LogP contribution in [0.4, 0.5) is 0 Å². The Kier molecular flexibility index (Phi) is 7.43. The molecule has 0 heterocycles. The van der Waals surface area contributed by atoms with Gasteiger partial charge in [0.25, 0.3) is 5.91 Å². The summed E-state index contributed by atoms with van der Waals surface area (Å²) in [5.74, 6) is -0.876. The van der Waals surface area contributed by atoms with Crippen LogP contribution in [0.15, 0.2) is 74.7 Å². The molecule has 3 aromatic rings. The van der Waals surface area contributed by atoms with Gasteiger partial charge >= 0.3 is 5.97 Å². The highest BCUT2D eigenvalue weighted by Gasteiger charge is 2.11. The third-order valence-electron chi connectivity index (χ3n) is 4.16. The molecule has 0 bridgehead atoms. The summed E-state index contributed by atoms with van der Waals surface area (Å²) in [6.45, 7) is 0.243. The molecule has 0 saturated heterocycles. The molecule has 158 valence electrons. The van der Waals surface area contributed by atoms with Crippen LogP contribution >= 0.6 is 31.9 Å². The van der Waals surface area contributed by atoms with Crippen LogP contribution < -0.4 is 10.2 Å². The number of aromatic carboxylic acids is 1. The number of aromatic hydroxyl groups is 1. The molecule has 3 aromatic carbocycles. The maximum Gasteiger partial charge on any atom is 0.335 e. The van der Waals surface area contributed by atoms with Gasteiger partial charge in [0.1, 0.15) is 18.1 Å². The summed E-state index contributed by atoms with van der Waals surface area (Å²) >= 11 is 6.37. The Labute approximate surface area is 194 Å². The van der Waals surface area contributed by atoms with Crippen molar-refractivity contribution in [3.8, 4) is 11.5 Å². The van der Waals surface area contributed by atoms with Gasteiger partial charge in [-0.25, -0.2) is 10.2 Å². The second-order valence-corrected chi connectivity index (χ2v) is 8.02. The summed E-state index contributed by atoms with van der Waals surface area (Å²) < 4.78 is 6.58. The Bertz CT molecular complexity index is 1120. The summed E-state index contributed by atoms with van der Waals surface area (Å²) in [6, 6.07) is 16.6. The van der Waals surface area contributed by atoms with Crippen molar-refractivity contribution in [3.63, 3.8) is 0 Å². The molecule has 0 spiro atoms. The van der Waals surface area contributed by atoms with Crippen molar-refractivity contribution in [2.24, 2.45) is 5.10 Å². The van der Waals surface area contributed by atoms with Gasteiger partial charge in [0.2, 0.25) is 0 Å². The Hall–Kier alpha value is -3.17. The van der Waals surface area contributed by atoms with E-state index in [1.165, 1.54) is 30.5 Å². The topological polar surface area (TPSA) is 108 Å². The van der Waals surface area contributed by atoms with Crippen LogP contribution in [-0.2, 0) is 6.61 Å². The average Bonchev–Trinajstić information content (AvgIpc) is 2.76. The van der Waals surface area contributed by atoms with Crippen LogP contribution in [0, 0.1) is 0 Å². The zero-order chi connectivity index (χ0) is 22.4. The first-order valence-electron chi connectivity index (χ1n) is 8.90. The van der Waals surface area contributed by atoms with E-state index in [1.807, 2.05) is 12.1 Å². The molecule has 0 aliphatic heterocycles. The first-order valence-corrected chi connectivity index (χ1v) is 10.5. The number of phenols is 1. The van der Waals surface area contributed by atoms with Gasteiger partial charge in [-0.3, -0.25) is 4.79 Å². The number of hydrazone groups is 1. The second kappa shape index (κ2) is 10.2. The van der Waals surface area contributed by atoms with Gasteiger partial charge in [0, 0.05) is 11.1 Å². The van der Waals surface area contributed by atoms with Crippen molar-refractivity contribution in [3.05, 3.63) is 91.9 Å². The second-order valence-electron chi connectivity index (χ2n) is 6.32. The normalized spacial score (nSPS) is 10.8. The monoisotopic (exact) mass is 546 g/mol.